The van der Waals surface area contributed by atoms with Gasteiger partial charge < -0.3 is 14.5 Å². The largest absolute Gasteiger partial charge is 0.497 e. The standard InChI is InChI=1S/C23H25ClN2O3/c1-29-20-10-6-16(7-11-20)13-26(19-8-9-19)23(28)18-12-22(27)25(15-18)14-17-4-2-3-5-21(17)24/h2-7,10-11,18-19H,8-9,12-15H2,1H3/t18-/m0/s1. The first-order valence-electron chi connectivity index (χ1n) is 9.99. The van der Waals surface area contributed by atoms with Gasteiger partial charge in [-0.2, -0.15) is 0 Å². The second-order valence-electron chi connectivity index (χ2n) is 7.81. The van der Waals surface area contributed by atoms with E-state index in [-0.39, 0.29) is 30.2 Å². The molecule has 2 aromatic rings. The van der Waals surface area contributed by atoms with Crippen molar-refractivity contribution < 1.29 is 14.3 Å². The van der Waals surface area contributed by atoms with Gasteiger partial charge in [-0.1, -0.05) is 41.9 Å². The fourth-order valence-electron chi connectivity index (χ4n) is 3.86. The van der Waals surface area contributed by atoms with E-state index in [9.17, 15) is 9.59 Å². The third kappa shape index (κ3) is 4.56. The van der Waals surface area contributed by atoms with Crippen molar-refractivity contribution in [3.05, 3.63) is 64.7 Å². The van der Waals surface area contributed by atoms with Crippen molar-refractivity contribution in [3.63, 3.8) is 0 Å². The first-order chi connectivity index (χ1) is 14.0. The molecule has 5 nitrogen and oxygen atoms in total. The minimum absolute atomic E-state index is 0.0171. The molecule has 2 aromatic carbocycles. The van der Waals surface area contributed by atoms with E-state index in [2.05, 4.69) is 0 Å². The zero-order valence-corrected chi connectivity index (χ0v) is 17.3. The van der Waals surface area contributed by atoms with E-state index in [0.29, 0.717) is 24.7 Å². The maximum Gasteiger partial charge on any atom is 0.228 e. The SMILES string of the molecule is COc1ccc(CN(C(=O)[C@H]2CC(=O)N(Cc3ccccc3Cl)C2)C2CC2)cc1. The fourth-order valence-corrected chi connectivity index (χ4v) is 4.05. The smallest absolute Gasteiger partial charge is 0.228 e. The van der Waals surface area contributed by atoms with Gasteiger partial charge in [0.25, 0.3) is 0 Å². The molecule has 0 unspecified atom stereocenters. The molecule has 2 aliphatic rings. The number of hydrogen-bond donors (Lipinski definition) is 0. The van der Waals surface area contributed by atoms with Gasteiger partial charge in [0.05, 0.1) is 13.0 Å². The Morgan fingerprint density at radius 1 is 1.17 bits per heavy atom. The number of likely N-dealkylation sites (tertiary alicyclic amines) is 1. The summed E-state index contributed by atoms with van der Waals surface area (Å²) >= 11 is 6.24. The number of carbonyl (C=O) groups is 2. The van der Waals surface area contributed by atoms with Crippen LogP contribution in [-0.4, -0.2) is 41.3 Å². The van der Waals surface area contributed by atoms with Gasteiger partial charge >= 0.3 is 0 Å². The Hall–Kier alpha value is -2.53. The topological polar surface area (TPSA) is 49.9 Å². The average molecular weight is 413 g/mol. The van der Waals surface area contributed by atoms with Gasteiger partial charge in [0.2, 0.25) is 11.8 Å². The van der Waals surface area contributed by atoms with Crippen molar-refractivity contribution in [2.45, 2.75) is 38.4 Å². The second-order valence-corrected chi connectivity index (χ2v) is 8.22. The molecule has 2 fully saturated rings. The molecule has 1 aliphatic heterocycles. The number of methoxy groups -OCH3 is 1. The molecule has 0 N–H and O–H groups in total. The zero-order valence-electron chi connectivity index (χ0n) is 16.5. The van der Waals surface area contributed by atoms with E-state index in [1.807, 2.05) is 53.4 Å². The lowest BCUT2D eigenvalue weighted by molar-refractivity contribution is -0.137. The molecule has 1 heterocycles. The van der Waals surface area contributed by atoms with Gasteiger partial charge in [-0.05, 0) is 42.2 Å². The van der Waals surface area contributed by atoms with Crippen LogP contribution in [0.5, 0.6) is 5.75 Å². The van der Waals surface area contributed by atoms with Crippen LogP contribution in [-0.2, 0) is 22.7 Å². The van der Waals surface area contributed by atoms with Crippen LogP contribution in [0.2, 0.25) is 5.02 Å². The van der Waals surface area contributed by atoms with Crippen LogP contribution >= 0.6 is 11.6 Å². The van der Waals surface area contributed by atoms with E-state index in [1.165, 1.54) is 0 Å². The number of ether oxygens (including phenoxy) is 1. The highest BCUT2D eigenvalue weighted by Gasteiger charge is 2.41. The van der Waals surface area contributed by atoms with Gasteiger partial charge in [0.15, 0.2) is 0 Å². The number of carbonyl (C=O) groups excluding carboxylic acids is 2. The van der Waals surface area contributed by atoms with Crippen LogP contribution in [0.3, 0.4) is 0 Å². The lowest BCUT2D eigenvalue weighted by atomic mass is 10.1. The minimum atomic E-state index is -0.288. The molecule has 0 radical (unpaired) electrons. The molecule has 0 aromatic heterocycles. The van der Waals surface area contributed by atoms with Crippen molar-refractivity contribution in [2.75, 3.05) is 13.7 Å². The van der Waals surface area contributed by atoms with Crippen LogP contribution in [0.25, 0.3) is 0 Å². The van der Waals surface area contributed by atoms with E-state index in [1.54, 1.807) is 12.0 Å². The summed E-state index contributed by atoms with van der Waals surface area (Å²) < 4.78 is 5.21. The molecule has 1 aliphatic carbocycles. The summed E-state index contributed by atoms with van der Waals surface area (Å²) in [5.41, 5.74) is 1.98. The number of halogens is 1. The van der Waals surface area contributed by atoms with Crippen molar-refractivity contribution >= 4 is 23.4 Å². The van der Waals surface area contributed by atoms with Crippen LogP contribution in [0.4, 0.5) is 0 Å². The van der Waals surface area contributed by atoms with Crippen LogP contribution < -0.4 is 4.74 Å². The summed E-state index contributed by atoms with van der Waals surface area (Å²) in [5.74, 6) is 0.611. The van der Waals surface area contributed by atoms with Gasteiger partial charge in [-0.3, -0.25) is 9.59 Å². The predicted octanol–water partition coefficient (Wildman–Crippen LogP) is 3.89. The maximum atomic E-state index is 13.3. The normalized spacial score (nSPS) is 18.8. The summed E-state index contributed by atoms with van der Waals surface area (Å²) in [6.45, 7) is 1.47. The lowest BCUT2D eigenvalue weighted by Crippen LogP contribution is -2.38. The molecule has 1 saturated heterocycles. The summed E-state index contributed by atoms with van der Waals surface area (Å²) in [6.07, 6.45) is 2.34. The molecule has 0 spiro atoms. The van der Waals surface area contributed by atoms with Gasteiger partial charge in [-0.25, -0.2) is 0 Å². The molecule has 6 heteroatoms. The van der Waals surface area contributed by atoms with Crippen molar-refractivity contribution in [1.82, 2.24) is 9.80 Å². The molecule has 4 rings (SSSR count). The zero-order chi connectivity index (χ0) is 20.4. The highest BCUT2D eigenvalue weighted by molar-refractivity contribution is 6.31. The quantitative estimate of drug-likeness (QED) is 0.693. The summed E-state index contributed by atoms with van der Waals surface area (Å²) in [6, 6.07) is 15.6. The van der Waals surface area contributed by atoms with E-state index >= 15 is 0 Å². The Bertz CT molecular complexity index is 895. The molecule has 2 amide bonds. The molecule has 152 valence electrons. The van der Waals surface area contributed by atoms with E-state index in [0.717, 1.165) is 29.7 Å². The predicted molar refractivity (Wildman–Crippen MR) is 112 cm³/mol. The third-order valence-corrected chi connectivity index (χ3v) is 6.03. The monoisotopic (exact) mass is 412 g/mol. The minimum Gasteiger partial charge on any atom is -0.497 e. The molecular formula is C23H25ClN2O3. The number of amides is 2. The Morgan fingerprint density at radius 2 is 1.90 bits per heavy atom. The van der Waals surface area contributed by atoms with Gasteiger partial charge in [0, 0.05) is 37.1 Å². The maximum absolute atomic E-state index is 13.3. The van der Waals surface area contributed by atoms with Crippen LogP contribution in [0.1, 0.15) is 30.4 Å². The molecule has 29 heavy (non-hydrogen) atoms. The van der Waals surface area contributed by atoms with E-state index in [4.69, 9.17) is 16.3 Å². The lowest BCUT2D eigenvalue weighted by Gasteiger charge is -2.26. The van der Waals surface area contributed by atoms with E-state index < -0.39 is 0 Å². The summed E-state index contributed by atoms with van der Waals surface area (Å²) in [5, 5.41) is 0.647. The third-order valence-electron chi connectivity index (χ3n) is 5.67. The van der Waals surface area contributed by atoms with Crippen LogP contribution in [0, 0.1) is 5.92 Å². The number of benzene rings is 2. The first kappa shape index (κ1) is 19.8. The highest BCUT2D eigenvalue weighted by atomic mass is 35.5. The second kappa shape index (κ2) is 8.46. The number of nitrogens with zero attached hydrogens (tertiary/aromatic N) is 2. The van der Waals surface area contributed by atoms with Crippen LogP contribution in [0.15, 0.2) is 48.5 Å². The first-order valence-corrected chi connectivity index (χ1v) is 10.4. The molecule has 1 saturated carbocycles. The molecule has 0 bridgehead atoms. The van der Waals surface area contributed by atoms with Crippen molar-refractivity contribution in [3.8, 4) is 5.75 Å². The Balaban J connectivity index is 1.43. The Morgan fingerprint density at radius 3 is 2.55 bits per heavy atom. The molecule has 1 atom stereocenters. The van der Waals surface area contributed by atoms with Crippen molar-refractivity contribution in [2.24, 2.45) is 5.92 Å². The Labute approximate surface area is 176 Å². The summed E-state index contributed by atoms with van der Waals surface area (Å²) in [7, 11) is 1.64. The van der Waals surface area contributed by atoms with Gasteiger partial charge in [0.1, 0.15) is 5.75 Å². The molecular weight excluding hydrogens is 388 g/mol. The number of hydrogen-bond acceptors (Lipinski definition) is 3. The Kier molecular flexibility index (Phi) is 5.76. The fraction of sp³-hybridized carbons (Fsp3) is 0.391. The van der Waals surface area contributed by atoms with Crippen molar-refractivity contribution in [1.29, 1.82) is 0 Å². The average Bonchev–Trinajstić information content (AvgIpc) is 3.51. The number of rotatable bonds is 7. The summed E-state index contributed by atoms with van der Waals surface area (Å²) in [4.78, 5) is 29.5. The van der Waals surface area contributed by atoms with Gasteiger partial charge in [-0.15, -0.1) is 0 Å². The highest BCUT2D eigenvalue weighted by Crippen LogP contribution is 2.32.